The number of nitrogens with zero attached hydrogens (tertiary/aromatic N) is 1. The van der Waals surface area contributed by atoms with Crippen molar-refractivity contribution >= 4 is 5.91 Å². The van der Waals surface area contributed by atoms with Gasteiger partial charge in [-0.05, 0) is 52.9 Å². The molecule has 0 spiro atoms. The Morgan fingerprint density at radius 1 is 1.06 bits per heavy atom. The highest BCUT2D eigenvalue weighted by Crippen LogP contribution is 2.01. The van der Waals surface area contributed by atoms with Crippen molar-refractivity contribution in [2.45, 2.75) is 44.9 Å². The second-order valence-electron chi connectivity index (χ2n) is 4.81. The van der Waals surface area contributed by atoms with E-state index in [1.807, 2.05) is 0 Å². The van der Waals surface area contributed by atoms with Gasteiger partial charge in [-0.3, -0.25) is 4.79 Å². The van der Waals surface area contributed by atoms with Crippen molar-refractivity contribution in [2.24, 2.45) is 5.73 Å². The molecule has 3 N–H and O–H groups in total. The number of amides is 1. The number of carbonyl (C=O) groups excluding carboxylic acids is 1. The Morgan fingerprint density at radius 3 is 2.41 bits per heavy atom. The van der Waals surface area contributed by atoms with E-state index in [0.717, 1.165) is 58.2 Å². The predicted molar refractivity (Wildman–Crippen MR) is 72.9 cm³/mol. The molecule has 0 saturated heterocycles. The van der Waals surface area contributed by atoms with Crippen LogP contribution in [0.15, 0.2) is 0 Å². The number of hydrogen-bond donors (Lipinski definition) is 2. The standard InChI is InChI=1S/C13H29N3O/c1-16(2)12-8-7-11-15-13(17)9-5-3-4-6-10-14/h3-12,14H2,1-2H3,(H,15,17). The van der Waals surface area contributed by atoms with Gasteiger partial charge in [0.05, 0.1) is 0 Å². The molecule has 0 radical (unpaired) electrons. The number of nitrogens with one attached hydrogen (secondary N) is 1. The monoisotopic (exact) mass is 243 g/mol. The maximum absolute atomic E-state index is 11.4. The first-order valence-electron chi connectivity index (χ1n) is 6.78. The molecule has 102 valence electrons. The molecular formula is C13H29N3O. The lowest BCUT2D eigenvalue weighted by molar-refractivity contribution is -0.121. The molecular weight excluding hydrogens is 214 g/mol. The van der Waals surface area contributed by atoms with E-state index in [2.05, 4.69) is 24.3 Å². The van der Waals surface area contributed by atoms with Crippen LogP contribution in [0, 0.1) is 0 Å². The summed E-state index contributed by atoms with van der Waals surface area (Å²) in [7, 11) is 4.14. The van der Waals surface area contributed by atoms with Crippen LogP contribution in [0.2, 0.25) is 0 Å². The van der Waals surface area contributed by atoms with Gasteiger partial charge in [0.2, 0.25) is 5.91 Å². The molecule has 0 aliphatic rings. The highest BCUT2D eigenvalue weighted by Gasteiger charge is 2.00. The van der Waals surface area contributed by atoms with E-state index in [4.69, 9.17) is 5.73 Å². The van der Waals surface area contributed by atoms with Crippen molar-refractivity contribution in [2.75, 3.05) is 33.7 Å². The summed E-state index contributed by atoms with van der Waals surface area (Å²) in [6.07, 6.45) is 7.20. The first-order chi connectivity index (χ1) is 8.16. The van der Waals surface area contributed by atoms with Crippen LogP contribution < -0.4 is 11.1 Å². The topological polar surface area (TPSA) is 58.4 Å². The van der Waals surface area contributed by atoms with Crippen molar-refractivity contribution in [1.82, 2.24) is 10.2 Å². The zero-order chi connectivity index (χ0) is 12.9. The molecule has 0 aliphatic carbocycles. The molecule has 17 heavy (non-hydrogen) atoms. The molecule has 0 saturated carbocycles. The first kappa shape index (κ1) is 16.4. The molecule has 0 rings (SSSR count). The number of hydrogen-bond acceptors (Lipinski definition) is 3. The second-order valence-corrected chi connectivity index (χ2v) is 4.81. The number of nitrogens with two attached hydrogens (primary N) is 1. The Labute approximate surface area is 106 Å². The van der Waals surface area contributed by atoms with Gasteiger partial charge in [0, 0.05) is 13.0 Å². The molecule has 0 unspecified atom stereocenters. The Bertz CT molecular complexity index is 184. The molecule has 0 aliphatic heterocycles. The summed E-state index contributed by atoms with van der Waals surface area (Å²) in [5.74, 6) is 0.197. The van der Waals surface area contributed by atoms with E-state index in [9.17, 15) is 4.79 Å². The fourth-order valence-corrected chi connectivity index (χ4v) is 1.65. The minimum Gasteiger partial charge on any atom is -0.356 e. The number of unbranched alkanes of at least 4 members (excludes halogenated alkanes) is 4. The van der Waals surface area contributed by atoms with Crippen LogP contribution in [0.1, 0.15) is 44.9 Å². The van der Waals surface area contributed by atoms with Gasteiger partial charge in [0.25, 0.3) is 0 Å². The third-order valence-electron chi connectivity index (χ3n) is 2.71. The lowest BCUT2D eigenvalue weighted by Crippen LogP contribution is -2.24. The van der Waals surface area contributed by atoms with E-state index < -0.39 is 0 Å². The van der Waals surface area contributed by atoms with Gasteiger partial charge in [0.1, 0.15) is 0 Å². The van der Waals surface area contributed by atoms with E-state index in [1.54, 1.807) is 0 Å². The van der Waals surface area contributed by atoms with Gasteiger partial charge >= 0.3 is 0 Å². The van der Waals surface area contributed by atoms with Gasteiger partial charge in [-0.1, -0.05) is 12.8 Å². The minimum absolute atomic E-state index is 0.197. The Balaban J connectivity index is 3.18. The molecule has 0 aromatic rings. The average Bonchev–Trinajstić information content (AvgIpc) is 2.28. The molecule has 0 aromatic heterocycles. The first-order valence-corrected chi connectivity index (χ1v) is 6.78. The zero-order valence-corrected chi connectivity index (χ0v) is 11.5. The maximum atomic E-state index is 11.4. The lowest BCUT2D eigenvalue weighted by Gasteiger charge is -2.09. The van der Waals surface area contributed by atoms with Crippen LogP contribution in [0.3, 0.4) is 0 Å². The third-order valence-corrected chi connectivity index (χ3v) is 2.71. The smallest absolute Gasteiger partial charge is 0.219 e. The average molecular weight is 243 g/mol. The SMILES string of the molecule is CN(C)CCCCNC(=O)CCCCCCN. The lowest BCUT2D eigenvalue weighted by atomic mass is 10.1. The highest BCUT2D eigenvalue weighted by atomic mass is 16.1. The fourth-order valence-electron chi connectivity index (χ4n) is 1.65. The molecule has 0 atom stereocenters. The normalized spacial score (nSPS) is 10.8. The summed E-state index contributed by atoms with van der Waals surface area (Å²) in [6.45, 7) is 2.67. The van der Waals surface area contributed by atoms with E-state index >= 15 is 0 Å². The summed E-state index contributed by atoms with van der Waals surface area (Å²) in [5.41, 5.74) is 5.40. The van der Waals surface area contributed by atoms with E-state index in [1.165, 1.54) is 0 Å². The minimum atomic E-state index is 0.197. The molecule has 0 aromatic carbocycles. The molecule has 4 nitrogen and oxygen atoms in total. The second kappa shape index (κ2) is 11.9. The van der Waals surface area contributed by atoms with Crippen LogP contribution in [0.4, 0.5) is 0 Å². The van der Waals surface area contributed by atoms with Gasteiger partial charge in [0.15, 0.2) is 0 Å². The van der Waals surface area contributed by atoms with Gasteiger partial charge in [-0.2, -0.15) is 0 Å². The number of rotatable bonds is 11. The summed E-state index contributed by atoms with van der Waals surface area (Å²) >= 11 is 0. The van der Waals surface area contributed by atoms with Crippen LogP contribution in [0.5, 0.6) is 0 Å². The van der Waals surface area contributed by atoms with E-state index in [-0.39, 0.29) is 5.91 Å². The van der Waals surface area contributed by atoms with Gasteiger partial charge < -0.3 is 16.0 Å². The quantitative estimate of drug-likeness (QED) is 0.539. The fraction of sp³-hybridized carbons (Fsp3) is 0.923. The summed E-state index contributed by atoms with van der Waals surface area (Å²) < 4.78 is 0. The number of carbonyl (C=O) groups is 1. The van der Waals surface area contributed by atoms with Crippen molar-refractivity contribution in [3.63, 3.8) is 0 Å². The molecule has 0 heterocycles. The zero-order valence-electron chi connectivity index (χ0n) is 11.5. The molecule has 4 heteroatoms. The predicted octanol–water partition coefficient (Wildman–Crippen LogP) is 1.35. The Kier molecular flexibility index (Phi) is 11.4. The van der Waals surface area contributed by atoms with Crippen LogP contribution in [0.25, 0.3) is 0 Å². The molecule has 1 amide bonds. The summed E-state index contributed by atoms with van der Waals surface area (Å²) in [5, 5.41) is 2.97. The van der Waals surface area contributed by atoms with Crippen molar-refractivity contribution in [3.05, 3.63) is 0 Å². The largest absolute Gasteiger partial charge is 0.356 e. The van der Waals surface area contributed by atoms with Crippen LogP contribution in [-0.2, 0) is 4.79 Å². The molecule has 0 bridgehead atoms. The van der Waals surface area contributed by atoms with E-state index in [0.29, 0.717) is 6.42 Å². The summed E-state index contributed by atoms with van der Waals surface area (Å²) in [6, 6.07) is 0. The molecule has 0 fully saturated rings. The van der Waals surface area contributed by atoms with Crippen LogP contribution >= 0.6 is 0 Å². The van der Waals surface area contributed by atoms with Crippen molar-refractivity contribution < 1.29 is 4.79 Å². The van der Waals surface area contributed by atoms with Crippen LogP contribution in [-0.4, -0.2) is 44.5 Å². The highest BCUT2D eigenvalue weighted by molar-refractivity contribution is 5.75. The van der Waals surface area contributed by atoms with Gasteiger partial charge in [-0.15, -0.1) is 0 Å². The Morgan fingerprint density at radius 2 is 1.76 bits per heavy atom. The Hall–Kier alpha value is -0.610. The maximum Gasteiger partial charge on any atom is 0.219 e. The third kappa shape index (κ3) is 13.3. The van der Waals surface area contributed by atoms with Crippen molar-refractivity contribution in [1.29, 1.82) is 0 Å². The van der Waals surface area contributed by atoms with Gasteiger partial charge in [-0.25, -0.2) is 0 Å². The summed E-state index contributed by atoms with van der Waals surface area (Å²) in [4.78, 5) is 13.6. The van der Waals surface area contributed by atoms with Crippen molar-refractivity contribution in [3.8, 4) is 0 Å².